The second kappa shape index (κ2) is 7.92. The van der Waals surface area contributed by atoms with Crippen molar-refractivity contribution in [2.75, 3.05) is 31.0 Å². The van der Waals surface area contributed by atoms with E-state index >= 15 is 0 Å². The molecule has 0 saturated carbocycles. The van der Waals surface area contributed by atoms with E-state index in [1.54, 1.807) is 37.3 Å². The topological polar surface area (TPSA) is 81.0 Å². The number of anilines is 2. The molecule has 1 aliphatic heterocycles. The van der Waals surface area contributed by atoms with Gasteiger partial charge in [0.25, 0.3) is 0 Å². The van der Waals surface area contributed by atoms with E-state index in [0.717, 1.165) is 16.4 Å². The Bertz CT molecular complexity index is 1340. The zero-order valence-corrected chi connectivity index (χ0v) is 17.8. The largest absolute Gasteiger partial charge is 0.497 e. The minimum atomic E-state index is -0.482. The van der Waals surface area contributed by atoms with Gasteiger partial charge in [0.1, 0.15) is 22.7 Å². The third-order valence-electron chi connectivity index (χ3n) is 5.82. The lowest BCUT2D eigenvalue weighted by Crippen LogP contribution is -2.28. The predicted octanol–water partition coefficient (Wildman–Crippen LogP) is 4.59. The van der Waals surface area contributed by atoms with Crippen LogP contribution in [0.5, 0.6) is 11.5 Å². The lowest BCUT2D eigenvalue weighted by molar-refractivity contribution is -0.122. The summed E-state index contributed by atoms with van der Waals surface area (Å²) < 4.78 is 16.6. The van der Waals surface area contributed by atoms with Crippen LogP contribution in [0.4, 0.5) is 11.4 Å². The van der Waals surface area contributed by atoms with Crippen molar-refractivity contribution in [2.24, 2.45) is 5.92 Å². The third-order valence-corrected chi connectivity index (χ3v) is 5.82. The van der Waals surface area contributed by atoms with Crippen LogP contribution in [-0.2, 0) is 9.59 Å². The smallest absolute Gasteiger partial charge is 0.229 e. The first kappa shape index (κ1) is 19.9. The minimum absolute atomic E-state index is 0.124. The van der Waals surface area contributed by atoms with Crippen LogP contribution >= 0.6 is 0 Å². The Morgan fingerprint density at radius 1 is 1.00 bits per heavy atom. The predicted molar refractivity (Wildman–Crippen MR) is 122 cm³/mol. The fourth-order valence-corrected chi connectivity index (χ4v) is 4.17. The van der Waals surface area contributed by atoms with E-state index in [1.807, 2.05) is 42.5 Å². The first-order chi connectivity index (χ1) is 15.6. The lowest BCUT2D eigenvalue weighted by Gasteiger charge is -2.20. The first-order valence-electron chi connectivity index (χ1n) is 10.3. The molecule has 32 heavy (non-hydrogen) atoms. The van der Waals surface area contributed by atoms with Crippen molar-refractivity contribution < 1.29 is 23.5 Å². The van der Waals surface area contributed by atoms with Gasteiger partial charge in [0, 0.05) is 41.6 Å². The van der Waals surface area contributed by atoms with Gasteiger partial charge < -0.3 is 24.1 Å². The van der Waals surface area contributed by atoms with Gasteiger partial charge in [0.05, 0.1) is 25.8 Å². The van der Waals surface area contributed by atoms with Crippen LogP contribution in [0.3, 0.4) is 0 Å². The van der Waals surface area contributed by atoms with Gasteiger partial charge in [-0.05, 0) is 30.3 Å². The summed E-state index contributed by atoms with van der Waals surface area (Å²) in [4.78, 5) is 27.2. The monoisotopic (exact) mass is 430 g/mol. The van der Waals surface area contributed by atoms with Gasteiger partial charge in [-0.15, -0.1) is 0 Å². The molecule has 162 valence electrons. The zero-order valence-electron chi connectivity index (χ0n) is 17.8. The molecule has 2 amide bonds. The van der Waals surface area contributed by atoms with Crippen LogP contribution in [0.25, 0.3) is 21.9 Å². The van der Waals surface area contributed by atoms with Gasteiger partial charge >= 0.3 is 0 Å². The average molecular weight is 430 g/mol. The number of fused-ring (bicyclic) bond motifs is 3. The van der Waals surface area contributed by atoms with E-state index in [4.69, 9.17) is 13.9 Å². The number of hydrogen-bond donors (Lipinski definition) is 1. The van der Waals surface area contributed by atoms with Crippen molar-refractivity contribution in [2.45, 2.75) is 6.42 Å². The fraction of sp³-hybridized carbons (Fsp3) is 0.200. The number of benzene rings is 3. The average Bonchev–Trinajstić information content (AvgIpc) is 3.38. The maximum absolute atomic E-state index is 12.9. The number of amides is 2. The molecule has 5 rings (SSSR count). The van der Waals surface area contributed by atoms with Gasteiger partial charge in [-0.1, -0.05) is 18.2 Å². The van der Waals surface area contributed by atoms with Gasteiger partial charge in [-0.3, -0.25) is 9.59 Å². The highest BCUT2D eigenvalue weighted by Gasteiger charge is 2.36. The Morgan fingerprint density at radius 3 is 2.62 bits per heavy atom. The molecule has 1 fully saturated rings. The van der Waals surface area contributed by atoms with Crippen molar-refractivity contribution in [3.63, 3.8) is 0 Å². The van der Waals surface area contributed by atoms with Crippen molar-refractivity contribution in [1.29, 1.82) is 0 Å². The summed E-state index contributed by atoms with van der Waals surface area (Å²) in [6.07, 6.45) is 0.124. The van der Waals surface area contributed by atoms with Gasteiger partial charge in [-0.25, -0.2) is 0 Å². The van der Waals surface area contributed by atoms with Crippen LogP contribution in [0, 0.1) is 5.92 Å². The molecular formula is C25H22N2O5. The van der Waals surface area contributed by atoms with E-state index in [0.29, 0.717) is 28.5 Å². The van der Waals surface area contributed by atoms with Gasteiger partial charge in [0.15, 0.2) is 0 Å². The second-order valence-electron chi connectivity index (χ2n) is 7.74. The number of rotatable bonds is 5. The molecule has 7 heteroatoms. The Morgan fingerprint density at radius 2 is 1.81 bits per heavy atom. The van der Waals surface area contributed by atoms with E-state index in [2.05, 4.69) is 5.32 Å². The number of furan rings is 1. The normalized spacial score (nSPS) is 16.0. The SMILES string of the molecule is COc1ccc(OC)c(N2C[C@H](C(=O)Nc3ccc4c(c3)oc3ccccc34)CC2=O)c1. The van der Waals surface area contributed by atoms with Crippen molar-refractivity contribution >= 4 is 45.1 Å². The molecule has 4 aromatic rings. The number of nitrogens with one attached hydrogen (secondary N) is 1. The highest BCUT2D eigenvalue weighted by atomic mass is 16.5. The van der Waals surface area contributed by atoms with Crippen LogP contribution in [-0.4, -0.2) is 32.6 Å². The van der Waals surface area contributed by atoms with E-state index in [1.165, 1.54) is 0 Å². The molecule has 0 spiro atoms. The summed E-state index contributed by atoms with van der Waals surface area (Å²) in [7, 11) is 3.11. The molecule has 3 aromatic carbocycles. The van der Waals surface area contributed by atoms with Gasteiger partial charge in [0.2, 0.25) is 11.8 Å². The zero-order chi connectivity index (χ0) is 22.2. The molecule has 1 N–H and O–H groups in total. The van der Waals surface area contributed by atoms with Gasteiger partial charge in [-0.2, -0.15) is 0 Å². The lowest BCUT2D eigenvalue weighted by atomic mass is 10.1. The highest BCUT2D eigenvalue weighted by Crippen LogP contribution is 2.36. The maximum atomic E-state index is 12.9. The standard InChI is InChI=1S/C25H22N2O5/c1-30-17-8-10-22(31-2)20(13-17)27-14-15(11-24(27)28)25(29)26-16-7-9-19-18-5-3-4-6-21(18)32-23(19)12-16/h3-10,12-13,15H,11,14H2,1-2H3,(H,26,29)/t15-/m1/s1. The second-order valence-corrected chi connectivity index (χ2v) is 7.74. The number of hydrogen-bond acceptors (Lipinski definition) is 5. The minimum Gasteiger partial charge on any atom is -0.497 e. The molecule has 1 saturated heterocycles. The summed E-state index contributed by atoms with van der Waals surface area (Å²) in [5.74, 6) is 0.337. The molecule has 0 unspecified atom stereocenters. The molecule has 2 heterocycles. The summed E-state index contributed by atoms with van der Waals surface area (Å²) in [6.45, 7) is 0.265. The number of ether oxygens (including phenoxy) is 2. The van der Waals surface area contributed by atoms with Crippen molar-refractivity contribution in [1.82, 2.24) is 0 Å². The number of carbonyl (C=O) groups excluding carboxylic acids is 2. The summed E-state index contributed by atoms with van der Waals surface area (Å²) in [6, 6.07) is 18.7. The van der Waals surface area contributed by atoms with Crippen LogP contribution in [0.1, 0.15) is 6.42 Å². The number of methoxy groups -OCH3 is 2. The molecule has 1 atom stereocenters. The van der Waals surface area contributed by atoms with E-state index in [-0.39, 0.29) is 24.8 Å². The van der Waals surface area contributed by atoms with Crippen LogP contribution in [0.2, 0.25) is 0 Å². The molecule has 7 nitrogen and oxygen atoms in total. The summed E-state index contributed by atoms with van der Waals surface area (Å²) >= 11 is 0. The summed E-state index contributed by atoms with van der Waals surface area (Å²) in [5.41, 5.74) is 2.73. The highest BCUT2D eigenvalue weighted by molar-refractivity contribution is 6.07. The molecule has 0 radical (unpaired) electrons. The van der Waals surface area contributed by atoms with E-state index < -0.39 is 5.92 Å². The van der Waals surface area contributed by atoms with E-state index in [9.17, 15) is 9.59 Å². The molecule has 1 aromatic heterocycles. The Hall–Kier alpha value is -4.00. The Kier molecular flexibility index (Phi) is 4.93. The molecular weight excluding hydrogens is 408 g/mol. The molecule has 1 aliphatic rings. The Labute approximate surface area is 184 Å². The fourth-order valence-electron chi connectivity index (χ4n) is 4.17. The number of carbonyl (C=O) groups is 2. The first-order valence-corrected chi connectivity index (χ1v) is 10.3. The van der Waals surface area contributed by atoms with Crippen molar-refractivity contribution in [3.05, 3.63) is 60.7 Å². The Balaban J connectivity index is 1.36. The maximum Gasteiger partial charge on any atom is 0.229 e. The van der Waals surface area contributed by atoms with Crippen LogP contribution < -0.4 is 19.7 Å². The third kappa shape index (κ3) is 3.41. The summed E-state index contributed by atoms with van der Waals surface area (Å²) in [5, 5.41) is 4.95. The van der Waals surface area contributed by atoms with Crippen LogP contribution in [0.15, 0.2) is 65.1 Å². The number of para-hydroxylation sites is 1. The molecule has 0 bridgehead atoms. The quantitative estimate of drug-likeness (QED) is 0.501. The van der Waals surface area contributed by atoms with Crippen molar-refractivity contribution in [3.8, 4) is 11.5 Å². The molecule has 0 aliphatic carbocycles. The number of nitrogens with zero attached hydrogens (tertiary/aromatic N) is 1.